The lowest BCUT2D eigenvalue weighted by Crippen LogP contribution is -2.32. The number of aromatic amines is 1. The van der Waals surface area contributed by atoms with Crippen molar-refractivity contribution in [1.82, 2.24) is 14.9 Å². The number of benzene rings is 1. The quantitative estimate of drug-likeness (QED) is 0.710. The van der Waals surface area contributed by atoms with Gasteiger partial charge in [-0.15, -0.1) is 0 Å². The summed E-state index contributed by atoms with van der Waals surface area (Å²) >= 11 is 6.13. The Morgan fingerprint density at radius 2 is 2.12 bits per heavy atom. The number of rotatable bonds is 5. The highest BCUT2D eigenvalue weighted by atomic mass is 35.5. The molecule has 2 aromatic heterocycles. The van der Waals surface area contributed by atoms with Crippen LogP contribution in [0.2, 0.25) is 5.02 Å². The molecule has 2 N–H and O–H groups in total. The van der Waals surface area contributed by atoms with Crippen molar-refractivity contribution in [1.29, 1.82) is 0 Å². The van der Waals surface area contributed by atoms with Gasteiger partial charge in [-0.05, 0) is 50.5 Å². The second-order valence-corrected chi connectivity index (χ2v) is 8.79. The summed E-state index contributed by atoms with van der Waals surface area (Å²) in [5.74, 6) is 0.300. The van der Waals surface area contributed by atoms with E-state index in [1.807, 2.05) is 24.4 Å². The number of hydrogen-bond donors (Lipinski definition) is 2. The molecule has 8 heteroatoms. The number of nitrogens with zero attached hydrogens (tertiary/aromatic N) is 1. The monoisotopic (exact) mass is 379 g/mol. The van der Waals surface area contributed by atoms with Crippen LogP contribution in [0.3, 0.4) is 0 Å². The van der Waals surface area contributed by atoms with Crippen LogP contribution >= 0.6 is 11.6 Å². The van der Waals surface area contributed by atoms with Crippen LogP contribution in [0.5, 0.6) is 0 Å². The maximum Gasteiger partial charge on any atom is 0.245 e. The van der Waals surface area contributed by atoms with Crippen LogP contribution in [0.25, 0.3) is 10.9 Å². The molecule has 0 radical (unpaired) electrons. The minimum absolute atomic E-state index is 0.130. The van der Waals surface area contributed by atoms with Crippen LogP contribution in [0, 0.1) is 13.8 Å². The summed E-state index contributed by atoms with van der Waals surface area (Å²) in [6, 6.07) is 5.70. The Morgan fingerprint density at radius 3 is 2.76 bits per heavy atom. The van der Waals surface area contributed by atoms with Crippen molar-refractivity contribution in [2.75, 3.05) is 6.54 Å². The van der Waals surface area contributed by atoms with Gasteiger partial charge in [0.05, 0.1) is 0 Å². The van der Waals surface area contributed by atoms with Crippen LogP contribution < -0.4 is 4.72 Å². The first-order valence-corrected chi connectivity index (χ1v) is 9.88. The third-order valence-electron chi connectivity index (χ3n) is 4.91. The molecule has 0 unspecified atom stereocenters. The minimum atomic E-state index is -3.67. The smallest absolute Gasteiger partial charge is 0.245 e. The third kappa shape index (κ3) is 2.76. The normalized spacial score (nSPS) is 16.4. The van der Waals surface area contributed by atoms with Crippen molar-refractivity contribution in [2.24, 2.45) is 0 Å². The molecule has 132 valence electrons. The van der Waals surface area contributed by atoms with E-state index in [-0.39, 0.29) is 10.3 Å². The van der Waals surface area contributed by atoms with Gasteiger partial charge in [-0.25, -0.2) is 13.1 Å². The van der Waals surface area contributed by atoms with Gasteiger partial charge in [0, 0.05) is 34.1 Å². The van der Waals surface area contributed by atoms with E-state index in [0.717, 1.165) is 29.3 Å². The van der Waals surface area contributed by atoms with Gasteiger partial charge < -0.3 is 9.51 Å². The summed E-state index contributed by atoms with van der Waals surface area (Å²) in [7, 11) is -3.67. The average Bonchev–Trinajstić information content (AvgIpc) is 3.10. The molecule has 1 aliphatic carbocycles. The molecular formula is C17H18ClN3O3S. The Morgan fingerprint density at radius 1 is 1.36 bits per heavy atom. The van der Waals surface area contributed by atoms with Crippen LogP contribution in [-0.2, 0) is 15.4 Å². The fraction of sp³-hybridized carbons (Fsp3) is 0.353. The molecule has 6 nitrogen and oxygen atoms in total. The van der Waals surface area contributed by atoms with E-state index in [9.17, 15) is 8.42 Å². The van der Waals surface area contributed by atoms with Gasteiger partial charge in [0.15, 0.2) is 5.76 Å². The summed E-state index contributed by atoms with van der Waals surface area (Å²) in [5.41, 5.74) is 2.27. The lowest BCUT2D eigenvalue weighted by molar-refractivity contribution is 0.390. The maximum absolute atomic E-state index is 12.7. The Balaban J connectivity index is 1.63. The molecule has 0 aliphatic heterocycles. The summed E-state index contributed by atoms with van der Waals surface area (Å²) in [6.07, 6.45) is 3.81. The average molecular weight is 380 g/mol. The number of fused-ring (bicyclic) bond motifs is 1. The van der Waals surface area contributed by atoms with Crippen LogP contribution in [0.4, 0.5) is 0 Å². The highest BCUT2D eigenvalue weighted by Gasteiger charge is 2.46. The lowest BCUT2D eigenvalue weighted by atomic mass is 9.96. The van der Waals surface area contributed by atoms with E-state index in [2.05, 4.69) is 14.9 Å². The van der Waals surface area contributed by atoms with Gasteiger partial charge in [-0.1, -0.05) is 16.8 Å². The fourth-order valence-electron chi connectivity index (χ4n) is 3.39. The molecule has 25 heavy (non-hydrogen) atoms. The molecule has 1 aromatic carbocycles. The number of aromatic nitrogens is 2. The third-order valence-corrected chi connectivity index (χ3v) is 6.79. The SMILES string of the molecule is Cc1noc(C)c1S(=O)(=O)NCC1(c2c[nH]c3ccc(Cl)cc23)CC1. The molecule has 1 aliphatic rings. The van der Waals surface area contributed by atoms with Crippen molar-refractivity contribution in [3.63, 3.8) is 0 Å². The second-order valence-electron chi connectivity index (χ2n) is 6.65. The highest BCUT2D eigenvalue weighted by Crippen LogP contribution is 2.50. The zero-order chi connectivity index (χ0) is 17.8. The van der Waals surface area contributed by atoms with Gasteiger partial charge in [-0.2, -0.15) is 0 Å². The van der Waals surface area contributed by atoms with E-state index in [1.165, 1.54) is 0 Å². The molecular weight excluding hydrogens is 362 g/mol. The second kappa shape index (κ2) is 5.59. The fourth-order valence-corrected chi connectivity index (χ4v) is 5.01. The highest BCUT2D eigenvalue weighted by molar-refractivity contribution is 7.89. The molecule has 0 saturated heterocycles. The van der Waals surface area contributed by atoms with Crippen LogP contribution in [0.1, 0.15) is 29.9 Å². The Bertz CT molecular complexity index is 1040. The van der Waals surface area contributed by atoms with Gasteiger partial charge >= 0.3 is 0 Å². The number of H-pyrrole nitrogens is 1. The van der Waals surface area contributed by atoms with Gasteiger partial charge in [-0.3, -0.25) is 0 Å². The minimum Gasteiger partial charge on any atom is -0.361 e. The number of aryl methyl sites for hydroxylation is 2. The molecule has 0 spiro atoms. The predicted octanol–water partition coefficient (Wildman–Crippen LogP) is 3.44. The van der Waals surface area contributed by atoms with E-state index in [0.29, 0.717) is 23.0 Å². The summed E-state index contributed by atoms with van der Waals surface area (Å²) in [6.45, 7) is 3.56. The standard InChI is InChI=1S/C17H18ClN3O3S/c1-10-16(11(2)24-21-10)25(22,23)20-9-17(5-6-17)14-8-19-15-4-3-12(18)7-13(14)15/h3-4,7-8,19-20H,5-6,9H2,1-2H3. The zero-order valence-electron chi connectivity index (χ0n) is 13.9. The van der Waals surface area contributed by atoms with E-state index >= 15 is 0 Å². The molecule has 3 aromatic rings. The first-order chi connectivity index (χ1) is 11.8. The lowest BCUT2D eigenvalue weighted by Gasteiger charge is -2.16. The topological polar surface area (TPSA) is 88.0 Å². The summed E-state index contributed by atoms with van der Waals surface area (Å²) < 4.78 is 33.0. The van der Waals surface area contributed by atoms with Crippen molar-refractivity contribution < 1.29 is 12.9 Å². The van der Waals surface area contributed by atoms with Gasteiger partial charge in [0.2, 0.25) is 10.0 Å². The summed E-state index contributed by atoms with van der Waals surface area (Å²) in [4.78, 5) is 3.37. The van der Waals surface area contributed by atoms with Gasteiger partial charge in [0.25, 0.3) is 0 Å². The number of hydrogen-bond acceptors (Lipinski definition) is 4. The van der Waals surface area contributed by atoms with Crippen molar-refractivity contribution in [3.8, 4) is 0 Å². The first-order valence-electron chi connectivity index (χ1n) is 8.02. The molecule has 0 bridgehead atoms. The van der Waals surface area contributed by atoms with Crippen LogP contribution in [0.15, 0.2) is 33.8 Å². The molecule has 1 saturated carbocycles. The summed E-state index contributed by atoms with van der Waals surface area (Å²) in [5, 5.41) is 5.44. The predicted molar refractivity (Wildman–Crippen MR) is 95.4 cm³/mol. The van der Waals surface area contributed by atoms with Crippen molar-refractivity contribution in [2.45, 2.75) is 37.0 Å². The number of sulfonamides is 1. The number of halogens is 1. The van der Waals surface area contributed by atoms with Crippen molar-refractivity contribution in [3.05, 3.63) is 46.4 Å². The molecule has 4 rings (SSSR count). The molecule has 0 atom stereocenters. The molecule has 1 fully saturated rings. The van der Waals surface area contributed by atoms with Crippen molar-refractivity contribution >= 4 is 32.5 Å². The van der Waals surface area contributed by atoms with Gasteiger partial charge in [0.1, 0.15) is 10.6 Å². The Labute approximate surface area is 150 Å². The molecule has 0 amide bonds. The van der Waals surface area contributed by atoms with Crippen LogP contribution in [-0.4, -0.2) is 25.1 Å². The first kappa shape index (κ1) is 16.6. The Kier molecular flexibility index (Phi) is 3.72. The number of nitrogens with one attached hydrogen (secondary N) is 2. The maximum atomic E-state index is 12.7. The molecule has 2 heterocycles. The zero-order valence-corrected chi connectivity index (χ0v) is 15.5. The largest absolute Gasteiger partial charge is 0.361 e. The Hall–Kier alpha value is -1.83. The van der Waals surface area contributed by atoms with E-state index in [4.69, 9.17) is 16.1 Å². The van der Waals surface area contributed by atoms with E-state index in [1.54, 1.807) is 13.8 Å². The van der Waals surface area contributed by atoms with E-state index < -0.39 is 10.0 Å².